The van der Waals surface area contributed by atoms with Crippen LogP contribution in [-0.4, -0.2) is 16.9 Å². The van der Waals surface area contributed by atoms with Gasteiger partial charge < -0.3 is 10.7 Å². The molecule has 1 fully saturated rings. The monoisotopic (exact) mass is 296 g/mol. The molecule has 0 aliphatic heterocycles. The van der Waals surface area contributed by atoms with Gasteiger partial charge in [-0.15, -0.1) is 0 Å². The maximum atomic E-state index is 12.2. The zero-order valence-corrected chi connectivity index (χ0v) is 12.6. The van der Waals surface area contributed by atoms with Gasteiger partial charge in [0.15, 0.2) is 5.82 Å². The van der Waals surface area contributed by atoms with Crippen LogP contribution in [0.1, 0.15) is 49.9 Å². The number of amides is 1. The molecular weight excluding hydrogens is 276 g/mol. The summed E-state index contributed by atoms with van der Waals surface area (Å²) < 4.78 is 0. The Hall–Kier alpha value is -1.33. The van der Waals surface area contributed by atoms with E-state index in [1.807, 2.05) is 0 Å². The Morgan fingerprint density at radius 2 is 2.30 bits per heavy atom. The number of halogens is 1. The van der Waals surface area contributed by atoms with Gasteiger partial charge in [0, 0.05) is 12.2 Å². The lowest BCUT2D eigenvalue weighted by Gasteiger charge is -2.35. The van der Waals surface area contributed by atoms with Crippen molar-refractivity contribution < 1.29 is 4.79 Å². The second-order valence-electron chi connectivity index (χ2n) is 6.13. The van der Waals surface area contributed by atoms with E-state index in [2.05, 4.69) is 29.6 Å². The summed E-state index contributed by atoms with van der Waals surface area (Å²) in [4.78, 5) is 16.2. The second-order valence-corrected chi connectivity index (χ2v) is 6.54. The van der Waals surface area contributed by atoms with Crippen LogP contribution in [0.15, 0.2) is 12.3 Å². The predicted molar refractivity (Wildman–Crippen MR) is 80.6 cm³/mol. The molecule has 0 spiro atoms. The van der Waals surface area contributed by atoms with Crippen molar-refractivity contribution in [1.29, 1.82) is 0 Å². The van der Waals surface area contributed by atoms with E-state index in [0.717, 1.165) is 19.3 Å². The van der Waals surface area contributed by atoms with Gasteiger partial charge in [-0.1, -0.05) is 31.9 Å². The molecule has 2 rings (SSSR count). The number of nitrogens with one attached hydrogen (secondary N) is 2. The van der Waals surface area contributed by atoms with Crippen LogP contribution in [0, 0.1) is 5.41 Å². The van der Waals surface area contributed by atoms with Gasteiger partial charge >= 0.3 is 0 Å². The van der Waals surface area contributed by atoms with Crippen molar-refractivity contribution in [3.8, 4) is 0 Å². The first-order valence-corrected chi connectivity index (χ1v) is 7.22. The van der Waals surface area contributed by atoms with Crippen LogP contribution in [0.4, 0.5) is 5.82 Å². The number of anilines is 1. The fraction of sp³-hybridized carbons (Fsp3) is 0.571. The van der Waals surface area contributed by atoms with E-state index < -0.39 is 0 Å². The van der Waals surface area contributed by atoms with Crippen LogP contribution in [0.3, 0.4) is 0 Å². The first-order chi connectivity index (χ1) is 9.41. The Kier molecular flexibility index (Phi) is 4.50. The molecule has 1 aliphatic carbocycles. The maximum absolute atomic E-state index is 12.2. The van der Waals surface area contributed by atoms with Gasteiger partial charge in [0.1, 0.15) is 0 Å². The Morgan fingerprint density at radius 3 is 2.90 bits per heavy atom. The molecule has 20 heavy (non-hydrogen) atoms. The summed E-state index contributed by atoms with van der Waals surface area (Å²) in [7, 11) is 0. The van der Waals surface area contributed by atoms with Crippen molar-refractivity contribution in [2.45, 2.75) is 45.6 Å². The van der Waals surface area contributed by atoms with Crippen LogP contribution < -0.4 is 16.6 Å². The molecule has 6 heteroatoms. The first kappa shape index (κ1) is 15.1. The van der Waals surface area contributed by atoms with Gasteiger partial charge in [0.2, 0.25) is 0 Å². The van der Waals surface area contributed by atoms with Crippen molar-refractivity contribution in [3.05, 3.63) is 22.8 Å². The van der Waals surface area contributed by atoms with E-state index in [1.54, 1.807) is 6.07 Å². The molecule has 0 bridgehead atoms. The molecule has 1 amide bonds. The fourth-order valence-electron chi connectivity index (χ4n) is 2.76. The van der Waals surface area contributed by atoms with Crippen LogP contribution in [0.5, 0.6) is 0 Å². The van der Waals surface area contributed by atoms with E-state index in [4.69, 9.17) is 17.4 Å². The molecule has 1 atom stereocenters. The third-order valence-electron chi connectivity index (χ3n) is 3.78. The van der Waals surface area contributed by atoms with Gasteiger partial charge in [0.05, 0.1) is 10.6 Å². The number of nitrogens with zero attached hydrogens (tertiary/aromatic N) is 1. The van der Waals surface area contributed by atoms with Crippen molar-refractivity contribution >= 4 is 23.3 Å². The number of nitrogens with two attached hydrogens (primary N) is 1. The topological polar surface area (TPSA) is 80.0 Å². The summed E-state index contributed by atoms with van der Waals surface area (Å²) >= 11 is 5.98. The fourth-order valence-corrected chi connectivity index (χ4v) is 2.98. The highest BCUT2D eigenvalue weighted by Gasteiger charge is 2.29. The Bertz CT molecular complexity index is 504. The molecule has 1 aliphatic rings. The number of carbonyl (C=O) groups excluding carboxylic acids is 1. The van der Waals surface area contributed by atoms with Crippen molar-refractivity contribution in [2.24, 2.45) is 11.3 Å². The van der Waals surface area contributed by atoms with Gasteiger partial charge in [-0.2, -0.15) is 0 Å². The average Bonchev–Trinajstić information content (AvgIpc) is 2.37. The van der Waals surface area contributed by atoms with Gasteiger partial charge in [-0.05, 0) is 30.7 Å². The molecule has 1 saturated carbocycles. The van der Waals surface area contributed by atoms with E-state index in [9.17, 15) is 4.79 Å². The highest BCUT2D eigenvalue weighted by Crippen LogP contribution is 2.35. The summed E-state index contributed by atoms with van der Waals surface area (Å²) in [5.74, 6) is 5.49. The molecule has 5 nitrogen and oxygen atoms in total. The van der Waals surface area contributed by atoms with E-state index in [0.29, 0.717) is 21.8 Å². The van der Waals surface area contributed by atoms with Crippen LogP contribution in [0.2, 0.25) is 5.02 Å². The zero-order valence-electron chi connectivity index (χ0n) is 11.9. The third kappa shape index (κ3) is 3.61. The lowest BCUT2D eigenvalue weighted by Crippen LogP contribution is -2.40. The molecule has 1 aromatic rings. The third-order valence-corrected chi connectivity index (χ3v) is 4.07. The summed E-state index contributed by atoms with van der Waals surface area (Å²) in [6.07, 6.45) is 5.86. The number of hydrazine groups is 1. The van der Waals surface area contributed by atoms with Crippen molar-refractivity contribution in [1.82, 2.24) is 10.3 Å². The van der Waals surface area contributed by atoms with Gasteiger partial charge in [0.25, 0.3) is 5.91 Å². The normalized spacial score (nSPS) is 21.3. The van der Waals surface area contributed by atoms with Gasteiger partial charge in [-0.25, -0.2) is 10.8 Å². The molecule has 0 saturated heterocycles. The molecule has 1 unspecified atom stereocenters. The lowest BCUT2D eigenvalue weighted by molar-refractivity contribution is 0.0902. The summed E-state index contributed by atoms with van der Waals surface area (Å²) in [5.41, 5.74) is 3.13. The Morgan fingerprint density at radius 1 is 1.55 bits per heavy atom. The number of nitrogen functional groups attached to an aromatic ring is 1. The standard InChI is InChI=1S/C14H21ClN4O/c1-14(2)5-3-4-10(7-14)18-13(20)9-6-11(15)12(19-16)17-8-9/h6,8,10H,3-5,7,16H2,1-2H3,(H,17,19)(H,18,20). The number of hydrogen-bond acceptors (Lipinski definition) is 4. The Balaban J connectivity index is 2.03. The highest BCUT2D eigenvalue weighted by atomic mass is 35.5. The summed E-state index contributed by atoms with van der Waals surface area (Å²) in [5, 5.41) is 3.40. The first-order valence-electron chi connectivity index (χ1n) is 6.84. The van der Waals surface area contributed by atoms with Crippen molar-refractivity contribution in [3.63, 3.8) is 0 Å². The van der Waals surface area contributed by atoms with Crippen LogP contribution in [-0.2, 0) is 0 Å². The predicted octanol–water partition coefficient (Wildman–Crippen LogP) is 2.72. The number of carbonyl (C=O) groups is 1. The van der Waals surface area contributed by atoms with Crippen molar-refractivity contribution in [2.75, 3.05) is 5.43 Å². The average molecular weight is 297 g/mol. The number of rotatable bonds is 3. The quantitative estimate of drug-likeness (QED) is 0.592. The Labute approximate surface area is 124 Å². The van der Waals surface area contributed by atoms with E-state index >= 15 is 0 Å². The lowest BCUT2D eigenvalue weighted by atomic mass is 9.75. The van der Waals surface area contributed by atoms with E-state index in [1.165, 1.54) is 12.6 Å². The summed E-state index contributed by atoms with van der Waals surface area (Å²) in [6, 6.07) is 1.80. The number of aromatic nitrogens is 1. The number of hydrogen-bond donors (Lipinski definition) is 3. The maximum Gasteiger partial charge on any atom is 0.253 e. The van der Waals surface area contributed by atoms with Gasteiger partial charge in [-0.3, -0.25) is 4.79 Å². The molecule has 0 radical (unpaired) electrons. The van der Waals surface area contributed by atoms with Crippen LogP contribution in [0.25, 0.3) is 0 Å². The minimum Gasteiger partial charge on any atom is -0.349 e. The number of pyridine rings is 1. The minimum absolute atomic E-state index is 0.134. The van der Waals surface area contributed by atoms with Crippen LogP contribution >= 0.6 is 11.6 Å². The SMILES string of the molecule is CC1(C)CCCC(NC(=O)c2cnc(NN)c(Cl)c2)C1. The smallest absolute Gasteiger partial charge is 0.253 e. The minimum atomic E-state index is -0.134. The largest absolute Gasteiger partial charge is 0.349 e. The molecule has 1 aromatic heterocycles. The molecule has 1 heterocycles. The summed E-state index contributed by atoms with van der Waals surface area (Å²) in [6.45, 7) is 4.48. The highest BCUT2D eigenvalue weighted by molar-refractivity contribution is 6.33. The second kappa shape index (κ2) is 5.97. The zero-order chi connectivity index (χ0) is 14.8. The van der Waals surface area contributed by atoms with E-state index in [-0.39, 0.29) is 11.9 Å². The molecule has 4 N–H and O–H groups in total. The molecule has 110 valence electrons. The molecular formula is C14H21ClN4O. The molecule has 0 aromatic carbocycles.